The highest BCUT2D eigenvalue weighted by Gasteiger charge is 2.56. The number of benzene rings is 1. The van der Waals surface area contributed by atoms with Crippen molar-refractivity contribution in [2.45, 2.75) is 65.0 Å². The van der Waals surface area contributed by atoms with Crippen molar-refractivity contribution in [1.82, 2.24) is 0 Å². The fourth-order valence-corrected chi connectivity index (χ4v) is 5.56. The van der Waals surface area contributed by atoms with Crippen molar-refractivity contribution >= 4 is 21.0 Å². The van der Waals surface area contributed by atoms with E-state index < -0.39 is 9.04 Å². The predicted molar refractivity (Wildman–Crippen MR) is 105 cm³/mol. The minimum absolute atomic E-state index is 0.0380. The zero-order valence-electron chi connectivity index (χ0n) is 16.8. The first-order chi connectivity index (χ1) is 12.7. The Morgan fingerprint density at radius 3 is 2.48 bits per heavy atom. The molecule has 1 saturated carbocycles. The molecular weight excluding hydrogens is 360 g/mol. The largest absolute Gasteiger partial charge is 0.462 e. The standard InChI is InChI=1S/C21H30O5Si/c1-21(2,3)19(26-27(4)5)18-14-11-17(22)24-15(14)12-16(18)25-20(23)13-9-7-6-8-10-13/h6-10,14-16,18-19,27H,11-12H2,1-5H3/t14-,15-,16+,18-,19?/m1/s1. The fourth-order valence-electron chi connectivity index (χ4n) is 4.39. The molecule has 27 heavy (non-hydrogen) atoms. The minimum Gasteiger partial charge on any atom is -0.462 e. The molecule has 5 nitrogen and oxygen atoms in total. The van der Waals surface area contributed by atoms with E-state index in [1.807, 2.05) is 18.2 Å². The Morgan fingerprint density at radius 1 is 1.22 bits per heavy atom. The monoisotopic (exact) mass is 390 g/mol. The summed E-state index contributed by atoms with van der Waals surface area (Å²) >= 11 is 0. The molecule has 148 valence electrons. The van der Waals surface area contributed by atoms with Crippen molar-refractivity contribution in [2.75, 3.05) is 0 Å². The third-order valence-corrected chi connectivity index (χ3v) is 6.28. The number of hydrogen-bond donors (Lipinski definition) is 0. The first-order valence-electron chi connectivity index (χ1n) is 9.77. The van der Waals surface area contributed by atoms with Gasteiger partial charge < -0.3 is 13.9 Å². The van der Waals surface area contributed by atoms with Crippen LogP contribution in [0.3, 0.4) is 0 Å². The molecule has 1 aliphatic heterocycles. The fraction of sp³-hybridized carbons (Fsp3) is 0.619. The lowest BCUT2D eigenvalue weighted by molar-refractivity contribution is -0.142. The van der Waals surface area contributed by atoms with Crippen LogP contribution in [0, 0.1) is 17.3 Å². The van der Waals surface area contributed by atoms with Crippen LogP contribution >= 0.6 is 0 Å². The Kier molecular flexibility index (Phi) is 5.77. The summed E-state index contributed by atoms with van der Waals surface area (Å²) in [6.45, 7) is 10.7. The van der Waals surface area contributed by atoms with E-state index >= 15 is 0 Å². The average Bonchev–Trinajstić information content (AvgIpc) is 3.08. The number of carbonyl (C=O) groups excluding carboxylic acids is 2. The Balaban J connectivity index is 1.87. The summed E-state index contributed by atoms with van der Waals surface area (Å²) in [5.74, 6) is -0.476. The van der Waals surface area contributed by atoms with Gasteiger partial charge in [-0.15, -0.1) is 0 Å². The van der Waals surface area contributed by atoms with E-state index in [-0.39, 0.29) is 47.5 Å². The van der Waals surface area contributed by atoms with E-state index in [2.05, 4.69) is 33.9 Å². The Hall–Kier alpha value is -1.66. The summed E-state index contributed by atoms with van der Waals surface area (Å²) in [5.41, 5.74) is 0.414. The third-order valence-electron chi connectivity index (χ3n) is 5.44. The molecule has 2 fully saturated rings. The first kappa shape index (κ1) is 20.1. The molecule has 1 heterocycles. The van der Waals surface area contributed by atoms with E-state index in [1.165, 1.54) is 0 Å². The van der Waals surface area contributed by atoms with Gasteiger partial charge in [0.05, 0.1) is 18.1 Å². The highest BCUT2D eigenvalue weighted by Crippen LogP contribution is 2.48. The molecule has 0 amide bonds. The van der Waals surface area contributed by atoms with Crippen molar-refractivity contribution in [3.05, 3.63) is 35.9 Å². The van der Waals surface area contributed by atoms with Crippen molar-refractivity contribution in [2.24, 2.45) is 17.3 Å². The van der Waals surface area contributed by atoms with Crippen LogP contribution in [0.15, 0.2) is 30.3 Å². The molecule has 2 aliphatic rings. The highest BCUT2D eigenvalue weighted by atomic mass is 28.3. The van der Waals surface area contributed by atoms with Crippen LogP contribution in [-0.4, -0.2) is 39.3 Å². The zero-order valence-corrected chi connectivity index (χ0v) is 18.0. The van der Waals surface area contributed by atoms with E-state index in [0.29, 0.717) is 18.4 Å². The molecule has 0 spiro atoms. The molecule has 1 unspecified atom stereocenters. The normalized spacial score (nSPS) is 28.7. The maximum atomic E-state index is 12.7. The molecule has 1 aromatic carbocycles. The van der Waals surface area contributed by atoms with Gasteiger partial charge in [-0.25, -0.2) is 4.79 Å². The SMILES string of the molecule is C[SiH](C)OC([C@@H]1[C@@H]2CC(=O)O[C@@H]2C[C@@H]1OC(=O)c1ccccc1)C(C)(C)C. The lowest BCUT2D eigenvalue weighted by atomic mass is 9.75. The maximum absolute atomic E-state index is 12.7. The smallest absolute Gasteiger partial charge is 0.338 e. The van der Waals surface area contributed by atoms with Crippen LogP contribution in [0.25, 0.3) is 0 Å². The topological polar surface area (TPSA) is 61.8 Å². The van der Waals surface area contributed by atoms with Gasteiger partial charge in [0, 0.05) is 18.3 Å². The number of carbonyl (C=O) groups is 2. The van der Waals surface area contributed by atoms with E-state index in [1.54, 1.807) is 12.1 Å². The quantitative estimate of drug-likeness (QED) is 0.568. The van der Waals surface area contributed by atoms with Crippen LogP contribution < -0.4 is 0 Å². The van der Waals surface area contributed by atoms with Crippen molar-refractivity contribution < 1.29 is 23.5 Å². The molecule has 5 atom stereocenters. The van der Waals surface area contributed by atoms with E-state index in [0.717, 1.165) is 0 Å². The minimum atomic E-state index is -1.33. The number of fused-ring (bicyclic) bond motifs is 1. The van der Waals surface area contributed by atoms with Crippen LogP contribution in [0.2, 0.25) is 13.1 Å². The predicted octanol–water partition coefficient (Wildman–Crippen LogP) is 3.58. The van der Waals surface area contributed by atoms with Gasteiger partial charge in [0.25, 0.3) is 0 Å². The number of ether oxygens (including phenoxy) is 2. The Bertz CT molecular complexity index is 682. The van der Waals surface area contributed by atoms with Gasteiger partial charge in [0.15, 0.2) is 9.04 Å². The lowest BCUT2D eigenvalue weighted by Gasteiger charge is -2.40. The second-order valence-electron chi connectivity index (χ2n) is 8.99. The second kappa shape index (κ2) is 7.76. The number of rotatable bonds is 5. The molecule has 6 heteroatoms. The van der Waals surface area contributed by atoms with E-state index in [4.69, 9.17) is 13.9 Å². The first-order valence-corrected chi connectivity index (χ1v) is 12.6. The van der Waals surface area contributed by atoms with Crippen molar-refractivity contribution in [1.29, 1.82) is 0 Å². The van der Waals surface area contributed by atoms with Crippen LogP contribution in [0.5, 0.6) is 0 Å². The van der Waals surface area contributed by atoms with Gasteiger partial charge in [-0.2, -0.15) is 0 Å². The lowest BCUT2D eigenvalue weighted by Crippen LogP contribution is -2.46. The van der Waals surface area contributed by atoms with Gasteiger partial charge >= 0.3 is 11.9 Å². The summed E-state index contributed by atoms with van der Waals surface area (Å²) in [7, 11) is -1.33. The van der Waals surface area contributed by atoms with Gasteiger partial charge in [-0.1, -0.05) is 39.0 Å². The highest BCUT2D eigenvalue weighted by molar-refractivity contribution is 6.48. The van der Waals surface area contributed by atoms with E-state index in [9.17, 15) is 9.59 Å². The Labute approximate surface area is 163 Å². The molecular formula is C21H30O5Si. The van der Waals surface area contributed by atoms with Crippen LogP contribution in [0.1, 0.15) is 44.0 Å². The molecule has 1 aromatic rings. The molecule has 0 bridgehead atoms. The summed E-state index contributed by atoms with van der Waals surface area (Å²) < 4.78 is 17.9. The second-order valence-corrected chi connectivity index (χ2v) is 11.4. The molecule has 1 aliphatic carbocycles. The molecule has 3 rings (SSSR count). The molecule has 1 saturated heterocycles. The van der Waals surface area contributed by atoms with Crippen molar-refractivity contribution in [3.63, 3.8) is 0 Å². The number of esters is 2. The summed E-state index contributed by atoms with van der Waals surface area (Å²) in [5, 5.41) is 0. The molecule has 0 radical (unpaired) electrons. The average molecular weight is 391 g/mol. The summed E-state index contributed by atoms with van der Waals surface area (Å²) in [4.78, 5) is 24.5. The van der Waals surface area contributed by atoms with Gasteiger partial charge in [-0.3, -0.25) is 4.79 Å². The molecule has 0 N–H and O–H groups in total. The van der Waals surface area contributed by atoms with Gasteiger partial charge in [0.2, 0.25) is 0 Å². The number of hydrogen-bond acceptors (Lipinski definition) is 5. The van der Waals surface area contributed by atoms with Gasteiger partial charge in [-0.05, 0) is 30.6 Å². The molecule has 0 aromatic heterocycles. The Morgan fingerprint density at radius 2 is 1.89 bits per heavy atom. The van der Waals surface area contributed by atoms with Crippen LogP contribution in [0.4, 0.5) is 0 Å². The summed E-state index contributed by atoms with van der Waals surface area (Å²) in [6.07, 6.45) is 0.359. The van der Waals surface area contributed by atoms with Gasteiger partial charge in [0.1, 0.15) is 12.2 Å². The maximum Gasteiger partial charge on any atom is 0.338 e. The summed E-state index contributed by atoms with van der Waals surface area (Å²) in [6, 6.07) is 9.03. The van der Waals surface area contributed by atoms with Crippen molar-refractivity contribution in [3.8, 4) is 0 Å². The zero-order chi connectivity index (χ0) is 19.8. The van der Waals surface area contributed by atoms with Crippen LogP contribution in [-0.2, 0) is 18.7 Å². The third kappa shape index (κ3) is 4.43.